The second kappa shape index (κ2) is 5.52. The van der Waals surface area contributed by atoms with Crippen LogP contribution in [0.25, 0.3) is 11.2 Å². The van der Waals surface area contributed by atoms with E-state index in [9.17, 15) is 22.8 Å². The summed E-state index contributed by atoms with van der Waals surface area (Å²) in [6, 6.07) is 0.430. The first-order valence-corrected chi connectivity index (χ1v) is 6.84. The molecule has 3 heterocycles. The van der Waals surface area contributed by atoms with Crippen LogP contribution in [-0.4, -0.2) is 50.4 Å². The fourth-order valence-electron chi connectivity index (χ4n) is 2.57. The van der Waals surface area contributed by atoms with Crippen LogP contribution >= 0.6 is 0 Å². The topological polar surface area (TPSA) is 91.0 Å². The molecule has 1 atom stereocenters. The molecule has 2 N–H and O–H groups in total. The molecule has 23 heavy (non-hydrogen) atoms. The quantitative estimate of drug-likeness (QED) is 0.873. The van der Waals surface area contributed by atoms with E-state index in [1.807, 2.05) is 0 Å². The molecule has 1 aliphatic heterocycles. The van der Waals surface area contributed by atoms with E-state index in [1.54, 1.807) is 6.07 Å². The molecule has 1 saturated heterocycles. The Hall–Kier alpha value is -2.65. The van der Waals surface area contributed by atoms with Gasteiger partial charge in [0.15, 0.2) is 5.65 Å². The van der Waals surface area contributed by atoms with E-state index in [-0.39, 0.29) is 13.0 Å². The number of nitrogens with zero attached hydrogens (tertiary/aromatic N) is 3. The molecule has 3 rings (SSSR count). The Balaban J connectivity index is 1.75. The van der Waals surface area contributed by atoms with Crippen LogP contribution in [0.4, 0.5) is 18.9 Å². The van der Waals surface area contributed by atoms with E-state index < -0.39 is 24.0 Å². The molecule has 122 valence electrons. The summed E-state index contributed by atoms with van der Waals surface area (Å²) >= 11 is 0. The van der Waals surface area contributed by atoms with Crippen LogP contribution in [0.5, 0.6) is 0 Å². The maximum atomic E-state index is 12.6. The van der Waals surface area contributed by atoms with E-state index in [0.717, 1.165) is 0 Å². The van der Waals surface area contributed by atoms with E-state index in [1.165, 1.54) is 12.5 Å². The fourth-order valence-corrected chi connectivity index (χ4v) is 2.57. The number of nitrogens with one attached hydrogen (secondary N) is 2. The average molecular weight is 327 g/mol. The van der Waals surface area contributed by atoms with E-state index in [2.05, 4.69) is 20.3 Å². The number of aromatic nitrogens is 3. The number of aromatic amines is 1. The third-order valence-electron chi connectivity index (χ3n) is 3.60. The Morgan fingerprint density at radius 2 is 2.13 bits per heavy atom. The summed E-state index contributed by atoms with van der Waals surface area (Å²) in [6.45, 7) is -0.0890. The van der Waals surface area contributed by atoms with Crippen molar-refractivity contribution in [2.45, 2.75) is 25.1 Å². The van der Waals surface area contributed by atoms with Crippen molar-refractivity contribution in [3.8, 4) is 0 Å². The van der Waals surface area contributed by atoms with Gasteiger partial charge in [0, 0.05) is 6.54 Å². The molecule has 1 fully saturated rings. The van der Waals surface area contributed by atoms with Gasteiger partial charge in [0.1, 0.15) is 6.04 Å². The first kappa shape index (κ1) is 15.3. The first-order valence-electron chi connectivity index (χ1n) is 6.84. The van der Waals surface area contributed by atoms with Gasteiger partial charge in [-0.15, -0.1) is 0 Å². The van der Waals surface area contributed by atoms with Gasteiger partial charge < -0.3 is 15.2 Å². The normalized spacial score (nSPS) is 18.4. The van der Waals surface area contributed by atoms with Crippen LogP contribution < -0.4 is 5.32 Å². The molecule has 2 aromatic rings. The van der Waals surface area contributed by atoms with Crippen LogP contribution in [0.15, 0.2) is 18.6 Å². The Morgan fingerprint density at radius 1 is 1.35 bits per heavy atom. The van der Waals surface area contributed by atoms with Crippen LogP contribution in [0, 0.1) is 0 Å². The highest BCUT2D eigenvalue weighted by Crippen LogP contribution is 2.26. The zero-order chi connectivity index (χ0) is 16.6. The fraction of sp³-hybridized carbons (Fsp3) is 0.385. The highest BCUT2D eigenvalue weighted by atomic mass is 19.4. The number of carbonyl (C=O) groups excluding carboxylic acids is 2. The maximum absolute atomic E-state index is 12.6. The number of alkyl halides is 3. The summed E-state index contributed by atoms with van der Waals surface area (Å²) in [5.41, 5.74) is 1.35. The van der Waals surface area contributed by atoms with Crippen molar-refractivity contribution in [3.05, 3.63) is 18.6 Å². The monoisotopic (exact) mass is 327 g/mol. The van der Waals surface area contributed by atoms with Gasteiger partial charge in [-0.3, -0.25) is 9.59 Å². The second-order valence-corrected chi connectivity index (χ2v) is 5.14. The molecule has 0 aromatic carbocycles. The van der Waals surface area contributed by atoms with Crippen molar-refractivity contribution >= 4 is 28.7 Å². The standard InChI is InChI=1S/C13H12F3N5O2/c14-13(15,16)12(23)21-3-1-2-9(21)11(22)20-7-4-8-10(17-5-7)19-6-18-8/h4-6,9H,1-3H2,(H,20,22)(H,17,18,19). The minimum absolute atomic E-state index is 0.0890. The smallest absolute Gasteiger partial charge is 0.343 e. The Morgan fingerprint density at radius 3 is 2.87 bits per heavy atom. The molecule has 0 radical (unpaired) electrons. The molecular formula is C13H12F3N5O2. The van der Waals surface area contributed by atoms with Gasteiger partial charge in [0.05, 0.1) is 23.7 Å². The van der Waals surface area contributed by atoms with Crippen molar-refractivity contribution in [2.75, 3.05) is 11.9 Å². The van der Waals surface area contributed by atoms with Crippen molar-refractivity contribution in [1.82, 2.24) is 19.9 Å². The number of imidazole rings is 1. The molecule has 0 spiro atoms. The minimum Gasteiger partial charge on any atom is -0.343 e. The lowest BCUT2D eigenvalue weighted by molar-refractivity contribution is -0.186. The molecule has 7 nitrogen and oxygen atoms in total. The van der Waals surface area contributed by atoms with Crippen molar-refractivity contribution in [3.63, 3.8) is 0 Å². The Bertz CT molecular complexity index is 757. The number of H-pyrrole nitrogens is 1. The van der Waals surface area contributed by atoms with Crippen LogP contribution in [0.1, 0.15) is 12.8 Å². The zero-order valence-electron chi connectivity index (χ0n) is 11.7. The van der Waals surface area contributed by atoms with E-state index in [0.29, 0.717) is 28.2 Å². The molecule has 1 unspecified atom stereocenters. The number of hydrogen-bond donors (Lipinski definition) is 2. The lowest BCUT2D eigenvalue weighted by Gasteiger charge is -2.24. The van der Waals surface area contributed by atoms with Crippen molar-refractivity contribution < 1.29 is 22.8 Å². The number of hydrogen-bond acceptors (Lipinski definition) is 4. The lowest BCUT2D eigenvalue weighted by Crippen LogP contribution is -2.48. The Labute approximate surface area is 127 Å². The van der Waals surface area contributed by atoms with Gasteiger partial charge in [-0.2, -0.15) is 13.2 Å². The largest absolute Gasteiger partial charge is 0.471 e. The molecule has 0 saturated carbocycles. The summed E-state index contributed by atoms with van der Waals surface area (Å²) in [6.07, 6.45) is -1.67. The molecule has 0 bridgehead atoms. The van der Waals surface area contributed by atoms with Crippen LogP contribution in [0.2, 0.25) is 0 Å². The number of likely N-dealkylation sites (tertiary alicyclic amines) is 1. The SMILES string of the molecule is O=C(Nc1cnc2nc[nH]c2c1)C1CCCN1C(=O)C(F)(F)F. The number of halogens is 3. The number of amides is 2. The molecular weight excluding hydrogens is 315 g/mol. The average Bonchev–Trinajstić information content (AvgIpc) is 3.13. The highest BCUT2D eigenvalue weighted by molar-refractivity contribution is 5.98. The summed E-state index contributed by atoms with van der Waals surface area (Å²) in [7, 11) is 0. The molecule has 2 amide bonds. The number of anilines is 1. The van der Waals surface area contributed by atoms with Gasteiger partial charge in [-0.1, -0.05) is 0 Å². The van der Waals surface area contributed by atoms with Gasteiger partial charge in [-0.05, 0) is 18.9 Å². The zero-order valence-corrected chi connectivity index (χ0v) is 11.7. The number of fused-ring (bicyclic) bond motifs is 1. The summed E-state index contributed by atoms with van der Waals surface area (Å²) in [5, 5.41) is 2.49. The van der Waals surface area contributed by atoms with Gasteiger partial charge >= 0.3 is 12.1 Å². The maximum Gasteiger partial charge on any atom is 0.471 e. The third kappa shape index (κ3) is 2.96. The molecule has 1 aliphatic rings. The number of rotatable bonds is 2. The van der Waals surface area contributed by atoms with Gasteiger partial charge in [-0.25, -0.2) is 9.97 Å². The Kier molecular flexibility index (Phi) is 3.66. The summed E-state index contributed by atoms with van der Waals surface area (Å²) in [5.74, 6) is -2.65. The predicted molar refractivity (Wildman–Crippen MR) is 73.3 cm³/mol. The second-order valence-electron chi connectivity index (χ2n) is 5.14. The third-order valence-corrected chi connectivity index (χ3v) is 3.60. The number of carbonyl (C=O) groups is 2. The summed E-state index contributed by atoms with van der Waals surface area (Å²) < 4.78 is 37.7. The van der Waals surface area contributed by atoms with E-state index >= 15 is 0 Å². The number of pyridine rings is 1. The van der Waals surface area contributed by atoms with Crippen molar-refractivity contribution in [1.29, 1.82) is 0 Å². The lowest BCUT2D eigenvalue weighted by atomic mass is 10.2. The summed E-state index contributed by atoms with van der Waals surface area (Å²) in [4.78, 5) is 34.9. The van der Waals surface area contributed by atoms with Gasteiger partial charge in [0.2, 0.25) is 5.91 Å². The predicted octanol–water partition coefficient (Wildman–Crippen LogP) is 1.45. The van der Waals surface area contributed by atoms with Gasteiger partial charge in [0.25, 0.3) is 0 Å². The van der Waals surface area contributed by atoms with Crippen LogP contribution in [0.3, 0.4) is 0 Å². The van der Waals surface area contributed by atoms with Crippen molar-refractivity contribution in [2.24, 2.45) is 0 Å². The molecule has 10 heteroatoms. The van der Waals surface area contributed by atoms with Crippen LogP contribution in [-0.2, 0) is 9.59 Å². The minimum atomic E-state index is -4.99. The first-order chi connectivity index (χ1) is 10.9. The molecule has 0 aliphatic carbocycles. The molecule has 2 aromatic heterocycles. The van der Waals surface area contributed by atoms with E-state index in [4.69, 9.17) is 0 Å². The highest BCUT2D eigenvalue weighted by Gasteiger charge is 2.47.